The summed E-state index contributed by atoms with van der Waals surface area (Å²) in [6, 6.07) is 24.2. The van der Waals surface area contributed by atoms with Crippen LogP contribution in [-0.4, -0.2) is 49.0 Å². The quantitative estimate of drug-likeness (QED) is 0.450. The van der Waals surface area contributed by atoms with E-state index in [2.05, 4.69) is 36.1 Å². The molecule has 0 aromatic heterocycles. The Morgan fingerprint density at radius 2 is 1.74 bits per heavy atom. The number of amides is 1. The molecule has 4 rings (SSSR count). The van der Waals surface area contributed by atoms with Gasteiger partial charge in [0.25, 0.3) is 0 Å². The summed E-state index contributed by atoms with van der Waals surface area (Å²) in [5, 5.41) is 0. The molecule has 3 aromatic rings. The number of methoxy groups -OCH3 is 1. The number of carbonyl (C=O) groups is 1. The molecule has 0 aliphatic carbocycles. The van der Waals surface area contributed by atoms with Crippen LogP contribution in [0.25, 0.3) is 6.08 Å². The standard InChI is InChI=1S/C29H32N2O3/c1-23-7-6-8-25(19-23)21-30-15-17-31(18-16-30)29(32)14-12-24-11-13-28(33-2)26(20-24)22-34-27-9-4-3-5-10-27/h3-14,19-20H,15-18,21-22H2,1-2H3/b14-12+. The summed E-state index contributed by atoms with van der Waals surface area (Å²) in [6.07, 6.45) is 3.53. The third kappa shape index (κ3) is 6.49. The minimum absolute atomic E-state index is 0.0492. The van der Waals surface area contributed by atoms with Crippen molar-refractivity contribution in [3.8, 4) is 11.5 Å². The van der Waals surface area contributed by atoms with E-state index < -0.39 is 0 Å². The highest BCUT2D eigenvalue weighted by Crippen LogP contribution is 2.23. The van der Waals surface area contributed by atoms with E-state index in [1.54, 1.807) is 13.2 Å². The Kier molecular flexibility index (Phi) is 7.99. The van der Waals surface area contributed by atoms with Gasteiger partial charge in [-0.25, -0.2) is 0 Å². The molecule has 0 bridgehead atoms. The second-order valence-electron chi connectivity index (χ2n) is 8.60. The fraction of sp³-hybridized carbons (Fsp3) is 0.276. The Balaban J connectivity index is 1.31. The summed E-state index contributed by atoms with van der Waals surface area (Å²) < 4.78 is 11.4. The van der Waals surface area contributed by atoms with Crippen LogP contribution < -0.4 is 9.47 Å². The van der Waals surface area contributed by atoms with Gasteiger partial charge in [-0.2, -0.15) is 0 Å². The van der Waals surface area contributed by atoms with Crippen molar-refractivity contribution >= 4 is 12.0 Å². The van der Waals surface area contributed by atoms with E-state index in [0.717, 1.165) is 55.3 Å². The van der Waals surface area contributed by atoms with E-state index >= 15 is 0 Å². The first-order valence-corrected chi connectivity index (χ1v) is 11.7. The van der Waals surface area contributed by atoms with Crippen molar-refractivity contribution in [1.82, 2.24) is 9.80 Å². The van der Waals surface area contributed by atoms with Crippen molar-refractivity contribution in [2.75, 3.05) is 33.3 Å². The van der Waals surface area contributed by atoms with Crippen LogP contribution >= 0.6 is 0 Å². The van der Waals surface area contributed by atoms with Crippen molar-refractivity contribution in [2.24, 2.45) is 0 Å². The molecular formula is C29H32N2O3. The van der Waals surface area contributed by atoms with Gasteiger partial charge in [0.15, 0.2) is 0 Å². The fourth-order valence-electron chi connectivity index (χ4n) is 4.16. The summed E-state index contributed by atoms with van der Waals surface area (Å²) in [5.74, 6) is 1.62. The highest BCUT2D eigenvalue weighted by atomic mass is 16.5. The third-order valence-electron chi connectivity index (χ3n) is 6.03. The second kappa shape index (κ2) is 11.5. The maximum Gasteiger partial charge on any atom is 0.246 e. The average Bonchev–Trinajstić information content (AvgIpc) is 2.87. The molecule has 0 unspecified atom stereocenters. The molecule has 0 N–H and O–H groups in total. The predicted molar refractivity (Wildman–Crippen MR) is 136 cm³/mol. The Hall–Kier alpha value is -3.57. The smallest absolute Gasteiger partial charge is 0.246 e. The van der Waals surface area contributed by atoms with Gasteiger partial charge in [0, 0.05) is 44.4 Å². The molecule has 0 saturated carbocycles. The number of rotatable bonds is 8. The number of nitrogens with zero attached hydrogens (tertiary/aromatic N) is 2. The number of benzene rings is 3. The number of hydrogen-bond donors (Lipinski definition) is 0. The molecule has 1 heterocycles. The lowest BCUT2D eigenvalue weighted by molar-refractivity contribution is -0.127. The number of aryl methyl sites for hydroxylation is 1. The first-order valence-electron chi connectivity index (χ1n) is 11.7. The first-order chi connectivity index (χ1) is 16.6. The highest BCUT2D eigenvalue weighted by Gasteiger charge is 2.19. The van der Waals surface area contributed by atoms with Gasteiger partial charge in [-0.3, -0.25) is 9.69 Å². The molecule has 5 nitrogen and oxygen atoms in total. The second-order valence-corrected chi connectivity index (χ2v) is 8.60. The monoisotopic (exact) mass is 456 g/mol. The van der Waals surface area contributed by atoms with Crippen LogP contribution in [0.2, 0.25) is 0 Å². The number of ether oxygens (including phenoxy) is 2. The van der Waals surface area contributed by atoms with Gasteiger partial charge in [0.05, 0.1) is 7.11 Å². The highest BCUT2D eigenvalue weighted by molar-refractivity contribution is 5.91. The average molecular weight is 457 g/mol. The van der Waals surface area contributed by atoms with Crippen LogP contribution in [0.4, 0.5) is 0 Å². The Morgan fingerprint density at radius 3 is 2.47 bits per heavy atom. The summed E-state index contributed by atoms with van der Waals surface area (Å²) in [6.45, 7) is 6.70. The summed E-state index contributed by atoms with van der Waals surface area (Å²) in [5.41, 5.74) is 4.49. The van der Waals surface area contributed by atoms with E-state index in [9.17, 15) is 4.79 Å². The molecule has 0 radical (unpaired) electrons. The van der Waals surface area contributed by atoms with E-state index in [1.165, 1.54) is 11.1 Å². The summed E-state index contributed by atoms with van der Waals surface area (Å²) in [7, 11) is 1.65. The zero-order chi connectivity index (χ0) is 23.8. The predicted octanol–water partition coefficient (Wildman–Crippen LogP) is 4.94. The lowest BCUT2D eigenvalue weighted by Gasteiger charge is -2.34. The zero-order valence-corrected chi connectivity index (χ0v) is 19.9. The normalized spacial score (nSPS) is 14.4. The van der Waals surface area contributed by atoms with Gasteiger partial charge in [0.2, 0.25) is 5.91 Å². The molecule has 0 spiro atoms. The topological polar surface area (TPSA) is 42.0 Å². The van der Waals surface area contributed by atoms with Gasteiger partial charge in [-0.1, -0.05) is 54.1 Å². The molecule has 1 amide bonds. The van der Waals surface area contributed by atoms with Crippen molar-refractivity contribution < 1.29 is 14.3 Å². The minimum Gasteiger partial charge on any atom is -0.496 e. The molecule has 1 fully saturated rings. The number of para-hydroxylation sites is 1. The summed E-state index contributed by atoms with van der Waals surface area (Å²) in [4.78, 5) is 17.1. The molecule has 1 aliphatic heterocycles. The number of carbonyl (C=O) groups excluding carboxylic acids is 1. The van der Waals surface area contributed by atoms with Gasteiger partial charge in [-0.15, -0.1) is 0 Å². The maximum atomic E-state index is 12.8. The van der Waals surface area contributed by atoms with Crippen LogP contribution in [0.1, 0.15) is 22.3 Å². The molecule has 0 atom stereocenters. The van der Waals surface area contributed by atoms with Crippen molar-refractivity contribution in [2.45, 2.75) is 20.1 Å². The zero-order valence-electron chi connectivity index (χ0n) is 19.9. The molecule has 1 aliphatic rings. The molecule has 3 aromatic carbocycles. The van der Waals surface area contributed by atoms with E-state index in [1.807, 2.05) is 59.5 Å². The van der Waals surface area contributed by atoms with Crippen molar-refractivity contribution in [3.05, 3.63) is 101 Å². The fourth-order valence-corrected chi connectivity index (χ4v) is 4.16. The molecule has 5 heteroatoms. The van der Waals surface area contributed by atoms with Crippen LogP contribution in [-0.2, 0) is 17.9 Å². The van der Waals surface area contributed by atoms with Crippen LogP contribution in [0.3, 0.4) is 0 Å². The molecule has 1 saturated heterocycles. The molecular weight excluding hydrogens is 424 g/mol. The molecule has 176 valence electrons. The summed E-state index contributed by atoms with van der Waals surface area (Å²) >= 11 is 0. The third-order valence-corrected chi connectivity index (χ3v) is 6.03. The van der Waals surface area contributed by atoms with Gasteiger partial charge >= 0.3 is 0 Å². The van der Waals surface area contributed by atoms with Crippen molar-refractivity contribution in [3.63, 3.8) is 0 Å². The lowest BCUT2D eigenvalue weighted by Crippen LogP contribution is -2.47. The van der Waals surface area contributed by atoms with Gasteiger partial charge in [0.1, 0.15) is 18.1 Å². The number of piperazine rings is 1. The minimum atomic E-state index is 0.0492. The van der Waals surface area contributed by atoms with Crippen LogP contribution in [0.5, 0.6) is 11.5 Å². The van der Waals surface area contributed by atoms with E-state index in [0.29, 0.717) is 6.61 Å². The largest absolute Gasteiger partial charge is 0.496 e. The lowest BCUT2D eigenvalue weighted by atomic mass is 10.1. The number of hydrogen-bond acceptors (Lipinski definition) is 4. The van der Waals surface area contributed by atoms with E-state index in [-0.39, 0.29) is 5.91 Å². The van der Waals surface area contributed by atoms with Crippen LogP contribution in [0.15, 0.2) is 78.9 Å². The van der Waals surface area contributed by atoms with Crippen molar-refractivity contribution in [1.29, 1.82) is 0 Å². The van der Waals surface area contributed by atoms with Gasteiger partial charge < -0.3 is 14.4 Å². The molecule has 34 heavy (non-hydrogen) atoms. The Bertz CT molecular complexity index is 1120. The first kappa shape index (κ1) is 23.6. The Morgan fingerprint density at radius 1 is 0.941 bits per heavy atom. The maximum absolute atomic E-state index is 12.8. The van der Waals surface area contributed by atoms with Crippen LogP contribution in [0, 0.1) is 6.92 Å². The van der Waals surface area contributed by atoms with E-state index in [4.69, 9.17) is 9.47 Å². The Labute approximate surface area is 202 Å². The van der Waals surface area contributed by atoms with Gasteiger partial charge in [-0.05, 0) is 48.4 Å². The SMILES string of the molecule is COc1ccc(/C=C/C(=O)N2CCN(Cc3cccc(C)c3)CC2)cc1COc1ccccc1.